The average Bonchev–Trinajstić information content (AvgIpc) is 3.27. The van der Waals surface area contributed by atoms with Crippen LogP contribution in [-0.2, 0) is 9.53 Å². The number of piperidine rings is 1. The number of rotatable bonds is 2. The van der Waals surface area contributed by atoms with Gasteiger partial charge in [-0.1, -0.05) is 30.3 Å². The Morgan fingerprint density at radius 1 is 1.14 bits per heavy atom. The van der Waals surface area contributed by atoms with Crippen LogP contribution >= 0.6 is 0 Å². The molecule has 1 spiro atoms. The van der Waals surface area contributed by atoms with Crippen LogP contribution in [-0.4, -0.2) is 40.7 Å². The highest BCUT2D eigenvalue weighted by atomic mass is 16.6. The Balaban J connectivity index is 1.33. The molecule has 4 heterocycles. The molecule has 3 aliphatic rings. The highest BCUT2D eigenvalue weighted by Gasteiger charge is 2.57. The van der Waals surface area contributed by atoms with Crippen molar-refractivity contribution in [2.45, 2.75) is 43.6 Å². The summed E-state index contributed by atoms with van der Waals surface area (Å²) < 4.78 is 6.39. The summed E-state index contributed by atoms with van der Waals surface area (Å²) >= 11 is 0. The number of fused-ring (bicyclic) bond motifs is 1. The van der Waals surface area contributed by atoms with Gasteiger partial charge in [0.25, 0.3) is 5.91 Å². The number of carbonyl (C=O) groups excluding carboxylic acids is 1. The third-order valence-electron chi connectivity index (χ3n) is 6.30. The quantitative estimate of drug-likeness (QED) is 0.808. The molecule has 28 heavy (non-hydrogen) atoms. The summed E-state index contributed by atoms with van der Waals surface area (Å²) in [5.41, 5.74) is 1.89. The van der Waals surface area contributed by atoms with Gasteiger partial charge in [-0.3, -0.25) is 4.79 Å². The Bertz CT molecular complexity index is 931. The average molecular weight is 374 g/mol. The summed E-state index contributed by atoms with van der Waals surface area (Å²) in [5, 5.41) is 9.07. The minimum Gasteiger partial charge on any atom is -0.371 e. The lowest BCUT2D eigenvalue weighted by atomic mass is 9.89. The zero-order chi connectivity index (χ0) is 19.1. The van der Waals surface area contributed by atoms with Crippen molar-refractivity contribution in [2.24, 2.45) is 0 Å². The molecule has 2 atom stereocenters. The van der Waals surface area contributed by atoms with Crippen molar-refractivity contribution >= 4 is 11.6 Å². The first-order valence-corrected chi connectivity index (χ1v) is 9.87. The SMILES string of the molecule is N#Cc1cc(N2CCC3(CC2)OC2CCC(c4ccccc4)N2C3=O)ccn1. The van der Waals surface area contributed by atoms with Gasteiger partial charge in [-0.2, -0.15) is 5.26 Å². The van der Waals surface area contributed by atoms with Gasteiger partial charge in [-0.15, -0.1) is 0 Å². The molecule has 0 bridgehead atoms. The van der Waals surface area contributed by atoms with E-state index in [1.807, 2.05) is 29.2 Å². The van der Waals surface area contributed by atoms with Crippen LogP contribution in [0.15, 0.2) is 48.7 Å². The van der Waals surface area contributed by atoms with Gasteiger partial charge >= 0.3 is 0 Å². The second-order valence-electron chi connectivity index (χ2n) is 7.78. The number of nitriles is 1. The molecule has 0 radical (unpaired) electrons. The van der Waals surface area contributed by atoms with Gasteiger partial charge in [0, 0.05) is 37.8 Å². The summed E-state index contributed by atoms with van der Waals surface area (Å²) in [7, 11) is 0. The Morgan fingerprint density at radius 2 is 1.93 bits per heavy atom. The van der Waals surface area contributed by atoms with Crippen molar-refractivity contribution in [3.8, 4) is 6.07 Å². The molecule has 0 saturated carbocycles. The van der Waals surface area contributed by atoms with Crippen LogP contribution in [0.5, 0.6) is 0 Å². The van der Waals surface area contributed by atoms with Gasteiger partial charge in [0.2, 0.25) is 0 Å². The number of aromatic nitrogens is 1. The third kappa shape index (κ3) is 2.66. The van der Waals surface area contributed by atoms with Crippen molar-refractivity contribution in [1.29, 1.82) is 5.26 Å². The fourth-order valence-corrected chi connectivity index (χ4v) is 4.85. The van der Waals surface area contributed by atoms with Crippen LogP contribution < -0.4 is 4.90 Å². The second-order valence-corrected chi connectivity index (χ2v) is 7.78. The molecule has 1 amide bonds. The fraction of sp³-hybridized carbons (Fsp3) is 0.409. The number of pyridine rings is 1. The smallest absolute Gasteiger partial charge is 0.257 e. The Labute approximate surface area is 164 Å². The Morgan fingerprint density at radius 3 is 2.68 bits per heavy atom. The van der Waals surface area contributed by atoms with Crippen molar-refractivity contribution < 1.29 is 9.53 Å². The van der Waals surface area contributed by atoms with Crippen molar-refractivity contribution in [3.63, 3.8) is 0 Å². The third-order valence-corrected chi connectivity index (χ3v) is 6.30. The van der Waals surface area contributed by atoms with Crippen molar-refractivity contribution in [1.82, 2.24) is 9.88 Å². The summed E-state index contributed by atoms with van der Waals surface area (Å²) in [6, 6.07) is 16.2. The Kier molecular flexibility index (Phi) is 4.06. The number of anilines is 1. The van der Waals surface area contributed by atoms with Gasteiger partial charge in [0.05, 0.1) is 6.04 Å². The molecule has 1 aromatic carbocycles. The molecule has 6 heteroatoms. The predicted molar refractivity (Wildman–Crippen MR) is 103 cm³/mol. The maximum absolute atomic E-state index is 13.4. The molecule has 142 valence electrons. The van der Waals surface area contributed by atoms with Crippen LogP contribution in [0.4, 0.5) is 5.69 Å². The maximum atomic E-state index is 13.4. The van der Waals surface area contributed by atoms with Crippen molar-refractivity contribution in [2.75, 3.05) is 18.0 Å². The first kappa shape index (κ1) is 17.2. The molecule has 0 aliphatic carbocycles. The largest absolute Gasteiger partial charge is 0.371 e. The number of carbonyl (C=O) groups is 1. The number of amides is 1. The first-order valence-electron chi connectivity index (χ1n) is 9.87. The monoisotopic (exact) mass is 374 g/mol. The fourth-order valence-electron chi connectivity index (χ4n) is 4.85. The van der Waals surface area contributed by atoms with E-state index in [1.54, 1.807) is 12.3 Å². The van der Waals surface area contributed by atoms with Gasteiger partial charge in [0.1, 0.15) is 18.0 Å². The number of benzene rings is 1. The highest BCUT2D eigenvalue weighted by molar-refractivity contribution is 5.88. The molecule has 1 aromatic heterocycles. The molecule has 5 rings (SSSR count). The number of nitrogens with zero attached hydrogens (tertiary/aromatic N) is 4. The van der Waals surface area contributed by atoms with E-state index >= 15 is 0 Å². The van der Waals surface area contributed by atoms with Gasteiger partial charge in [0.15, 0.2) is 5.60 Å². The Hall–Kier alpha value is -2.91. The van der Waals surface area contributed by atoms with Crippen LogP contribution in [0.3, 0.4) is 0 Å². The first-order chi connectivity index (χ1) is 13.7. The van der Waals surface area contributed by atoms with Crippen LogP contribution in [0.2, 0.25) is 0 Å². The summed E-state index contributed by atoms with van der Waals surface area (Å²) in [6.45, 7) is 1.47. The minimum atomic E-state index is -0.695. The highest BCUT2D eigenvalue weighted by Crippen LogP contribution is 2.47. The van der Waals surface area contributed by atoms with E-state index in [0.717, 1.165) is 31.6 Å². The lowest BCUT2D eigenvalue weighted by Crippen LogP contribution is -2.50. The minimum absolute atomic E-state index is 0.102. The zero-order valence-electron chi connectivity index (χ0n) is 15.6. The lowest BCUT2D eigenvalue weighted by molar-refractivity contribution is -0.140. The van der Waals surface area contributed by atoms with E-state index in [4.69, 9.17) is 10.00 Å². The summed E-state index contributed by atoms with van der Waals surface area (Å²) in [5.74, 6) is 0.149. The van der Waals surface area contributed by atoms with E-state index in [-0.39, 0.29) is 18.2 Å². The van der Waals surface area contributed by atoms with Crippen LogP contribution in [0.1, 0.15) is 43.0 Å². The second kappa shape index (κ2) is 6.61. The van der Waals surface area contributed by atoms with Crippen molar-refractivity contribution in [3.05, 3.63) is 59.9 Å². The molecular formula is C22H22N4O2. The predicted octanol–water partition coefficient (Wildman–Crippen LogP) is 3.01. The normalized spacial score (nSPS) is 25.8. The standard InChI is InChI=1S/C22H22N4O2/c23-15-17-14-18(8-11-24-17)25-12-9-22(10-13-25)21(27)26-19(6-7-20(26)28-22)16-4-2-1-3-5-16/h1-5,8,11,14,19-20H,6-7,9-10,12-13H2. The van der Waals surface area contributed by atoms with Gasteiger partial charge in [-0.05, 0) is 30.5 Å². The van der Waals surface area contributed by atoms with Gasteiger partial charge < -0.3 is 14.5 Å². The van der Waals surface area contributed by atoms with Crippen LogP contribution in [0.25, 0.3) is 0 Å². The molecule has 3 saturated heterocycles. The molecule has 2 aromatic rings. The maximum Gasteiger partial charge on any atom is 0.257 e. The number of hydrogen-bond acceptors (Lipinski definition) is 5. The van der Waals surface area contributed by atoms with E-state index in [2.05, 4.69) is 28.1 Å². The van der Waals surface area contributed by atoms with Gasteiger partial charge in [-0.25, -0.2) is 4.98 Å². The number of hydrogen-bond donors (Lipinski definition) is 0. The topological polar surface area (TPSA) is 69.5 Å². The molecule has 6 nitrogen and oxygen atoms in total. The molecule has 0 N–H and O–H groups in total. The van der Waals surface area contributed by atoms with Crippen LogP contribution in [0, 0.1) is 11.3 Å². The molecular weight excluding hydrogens is 352 g/mol. The lowest BCUT2D eigenvalue weighted by Gasteiger charge is -2.38. The van der Waals surface area contributed by atoms with E-state index in [9.17, 15) is 4.79 Å². The number of ether oxygens (including phenoxy) is 1. The van der Waals surface area contributed by atoms with E-state index in [0.29, 0.717) is 18.5 Å². The molecule has 2 unspecified atom stereocenters. The van der Waals surface area contributed by atoms with E-state index < -0.39 is 5.60 Å². The summed E-state index contributed by atoms with van der Waals surface area (Å²) in [4.78, 5) is 21.7. The summed E-state index contributed by atoms with van der Waals surface area (Å²) in [6.07, 6.45) is 4.75. The zero-order valence-corrected chi connectivity index (χ0v) is 15.6. The van der Waals surface area contributed by atoms with E-state index in [1.165, 1.54) is 5.56 Å². The molecule has 3 aliphatic heterocycles. The molecule has 3 fully saturated rings.